The third-order valence-electron chi connectivity index (χ3n) is 2.35. The number of rotatable bonds is 5. The van der Waals surface area contributed by atoms with E-state index in [1.165, 1.54) is 13.8 Å². The Morgan fingerprint density at radius 2 is 1.83 bits per heavy atom. The molecule has 98 valence electrons. The summed E-state index contributed by atoms with van der Waals surface area (Å²) >= 11 is 5.71. The van der Waals surface area contributed by atoms with Crippen LogP contribution in [0, 0.1) is 0 Å². The summed E-state index contributed by atoms with van der Waals surface area (Å²) in [7, 11) is 0. The first kappa shape index (κ1) is 14.5. The molecule has 0 saturated heterocycles. The number of carboxylic acid groups (broad SMARTS) is 1. The number of nitrogens with one attached hydrogen (secondary N) is 2. The number of hydrogen-bond donors (Lipinski definition) is 3. The lowest BCUT2D eigenvalue weighted by Crippen LogP contribution is -2.49. The van der Waals surface area contributed by atoms with Crippen molar-refractivity contribution in [3.05, 3.63) is 29.3 Å². The van der Waals surface area contributed by atoms with Gasteiger partial charge in [0.1, 0.15) is 5.54 Å². The molecule has 0 aromatic heterocycles. The van der Waals surface area contributed by atoms with Crippen molar-refractivity contribution >= 4 is 29.2 Å². The third-order valence-corrected chi connectivity index (χ3v) is 2.61. The first-order valence-electron chi connectivity index (χ1n) is 5.35. The van der Waals surface area contributed by atoms with Gasteiger partial charge < -0.3 is 10.4 Å². The molecule has 6 heteroatoms. The van der Waals surface area contributed by atoms with E-state index in [0.717, 1.165) is 0 Å². The summed E-state index contributed by atoms with van der Waals surface area (Å²) in [6.07, 6.45) is 0. The first-order chi connectivity index (χ1) is 8.31. The lowest BCUT2D eigenvalue weighted by atomic mass is 10.1. The number of hydrogen-bond acceptors (Lipinski definition) is 3. The van der Waals surface area contributed by atoms with E-state index < -0.39 is 11.5 Å². The first-order valence-corrected chi connectivity index (χ1v) is 5.73. The van der Waals surface area contributed by atoms with Gasteiger partial charge in [-0.15, -0.1) is 0 Å². The van der Waals surface area contributed by atoms with Crippen LogP contribution in [0.4, 0.5) is 5.69 Å². The fourth-order valence-electron chi connectivity index (χ4n) is 1.12. The zero-order valence-corrected chi connectivity index (χ0v) is 10.9. The van der Waals surface area contributed by atoms with Crippen LogP contribution in [0.2, 0.25) is 5.02 Å². The van der Waals surface area contributed by atoms with Gasteiger partial charge in [0.25, 0.3) is 0 Å². The number of amides is 1. The molecule has 0 aliphatic rings. The molecule has 3 N–H and O–H groups in total. The van der Waals surface area contributed by atoms with Gasteiger partial charge in [-0.2, -0.15) is 0 Å². The molecule has 1 amide bonds. The van der Waals surface area contributed by atoms with Gasteiger partial charge in [-0.3, -0.25) is 14.9 Å². The zero-order chi connectivity index (χ0) is 13.8. The van der Waals surface area contributed by atoms with E-state index in [4.69, 9.17) is 16.7 Å². The van der Waals surface area contributed by atoms with Crippen molar-refractivity contribution in [2.75, 3.05) is 11.9 Å². The Balaban J connectivity index is 2.48. The maximum atomic E-state index is 11.6. The van der Waals surface area contributed by atoms with Crippen LogP contribution in [0.25, 0.3) is 0 Å². The Labute approximate surface area is 110 Å². The highest BCUT2D eigenvalue weighted by molar-refractivity contribution is 6.30. The third kappa shape index (κ3) is 4.35. The van der Waals surface area contributed by atoms with Crippen LogP contribution in [-0.2, 0) is 9.59 Å². The molecule has 0 radical (unpaired) electrons. The lowest BCUT2D eigenvalue weighted by Gasteiger charge is -2.20. The highest BCUT2D eigenvalue weighted by Crippen LogP contribution is 2.13. The Morgan fingerprint density at radius 1 is 1.28 bits per heavy atom. The molecular formula is C12H15ClN2O3. The summed E-state index contributed by atoms with van der Waals surface area (Å²) in [5.41, 5.74) is -0.531. The van der Waals surface area contributed by atoms with Gasteiger partial charge in [0.2, 0.25) is 5.91 Å². The van der Waals surface area contributed by atoms with Crippen molar-refractivity contribution in [1.29, 1.82) is 0 Å². The smallest absolute Gasteiger partial charge is 0.323 e. The summed E-state index contributed by atoms with van der Waals surface area (Å²) in [5, 5.41) is 14.7. The van der Waals surface area contributed by atoms with E-state index >= 15 is 0 Å². The van der Waals surface area contributed by atoms with Crippen LogP contribution < -0.4 is 10.6 Å². The predicted molar refractivity (Wildman–Crippen MR) is 69.8 cm³/mol. The molecule has 1 aromatic carbocycles. The number of carbonyl (C=O) groups is 2. The van der Waals surface area contributed by atoms with Gasteiger partial charge in [-0.05, 0) is 38.1 Å². The minimum atomic E-state index is -1.14. The van der Waals surface area contributed by atoms with E-state index in [1.54, 1.807) is 24.3 Å². The maximum Gasteiger partial charge on any atom is 0.323 e. The molecule has 1 rings (SSSR count). The number of halogens is 1. The lowest BCUT2D eigenvalue weighted by molar-refractivity contribution is -0.143. The van der Waals surface area contributed by atoms with E-state index in [9.17, 15) is 9.59 Å². The summed E-state index contributed by atoms with van der Waals surface area (Å²) in [6.45, 7) is 2.90. The van der Waals surface area contributed by atoms with E-state index in [1.807, 2.05) is 0 Å². The minimum Gasteiger partial charge on any atom is -0.480 e. The molecule has 0 aliphatic carbocycles. The van der Waals surface area contributed by atoms with Crippen molar-refractivity contribution in [1.82, 2.24) is 5.32 Å². The zero-order valence-electron chi connectivity index (χ0n) is 10.2. The number of carbonyl (C=O) groups excluding carboxylic acids is 1. The predicted octanol–water partition coefficient (Wildman–Crippen LogP) is 1.73. The molecule has 0 heterocycles. The Morgan fingerprint density at radius 3 is 2.33 bits per heavy atom. The van der Waals surface area contributed by atoms with Crippen molar-refractivity contribution in [3.8, 4) is 0 Å². The molecule has 5 nitrogen and oxygen atoms in total. The van der Waals surface area contributed by atoms with E-state index in [-0.39, 0.29) is 12.5 Å². The Bertz CT molecular complexity index is 443. The molecule has 0 atom stereocenters. The maximum absolute atomic E-state index is 11.6. The SMILES string of the molecule is CC(C)(NCC(=O)Nc1ccc(Cl)cc1)C(=O)O. The second-order valence-corrected chi connectivity index (χ2v) is 4.78. The summed E-state index contributed by atoms with van der Waals surface area (Å²) in [4.78, 5) is 22.4. The minimum absolute atomic E-state index is 0.0814. The Kier molecular flexibility index (Phi) is 4.69. The highest BCUT2D eigenvalue weighted by atomic mass is 35.5. The van der Waals surface area contributed by atoms with Crippen molar-refractivity contribution < 1.29 is 14.7 Å². The fourth-order valence-corrected chi connectivity index (χ4v) is 1.24. The van der Waals surface area contributed by atoms with Crippen molar-refractivity contribution in [3.63, 3.8) is 0 Å². The molecular weight excluding hydrogens is 256 g/mol. The van der Waals surface area contributed by atoms with E-state index in [0.29, 0.717) is 10.7 Å². The van der Waals surface area contributed by atoms with Gasteiger partial charge in [-0.1, -0.05) is 11.6 Å². The standard InChI is InChI=1S/C12H15ClN2O3/c1-12(2,11(17)18)14-7-10(16)15-9-5-3-8(13)4-6-9/h3-6,14H,7H2,1-2H3,(H,15,16)(H,17,18). The number of carboxylic acids is 1. The molecule has 0 fully saturated rings. The van der Waals surface area contributed by atoms with Crippen LogP contribution in [0.1, 0.15) is 13.8 Å². The van der Waals surface area contributed by atoms with Crippen LogP contribution in [0.5, 0.6) is 0 Å². The molecule has 0 saturated carbocycles. The van der Waals surface area contributed by atoms with Crippen LogP contribution >= 0.6 is 11.6 Å². The molecule has 0 unspecified atom stereocenters. The van der Waals surface area contributed by atoms with Gasteiger partial charge in [-0.25, -0.2) is 0 Å². The highest BCUT2D eigenvalue weighted by Gasteiger charge is 2.26. The molecule has 18 heavy (non-hydrogen) atoms. The summed E-state index contributed by atoms with van der Waals surface area (Å²) in [6, 6.07) is 6.66. The normalized spacial score (nSPS) is 11.1. The monoisotopic (exact) mass is 270 g/mol. The summed E-state index contributed by atoms with van der Waals surface area (Å²) in [5.74, 6) is -1.33. The average Bonchev–Trinajstić information content (AvgIpc) is 2.29. The molecule has 0 spiro atoms. The van der Waals surface area contributed by atoms with E-state index in [2.05, 4.69) is 10.6 Å². The van der Waals surface area contributed by atoms with Crippen LogP contribution in [-0.4, -0.2) is 29.1 Å². The summed E-state index contributed by atoms with van der Waals surface area (Å²) < 4.78 is 0. The second-order valence-electron chi connectivity index (χ2n) is 4.34. The molecule has 0 aliphatic heterocycles. The van der Waals surface area contributed by atoms with Gasteiger partial charge in [0.05, 0.1) is 6.54 Å². The topological polar surface area (TPSA) is 78.4 Å². The number of anilines is 1. The van der Waals surface area contributed by atoms with Crippen LogP contribution in [0.15, 0.2) is 24.3 Å². The van der Waals surface area contributed by atoms with Crippen molar-refractivity contribution in [2.45, 2.75) is 19.4 Å². The number of benzene rings is 1. The molecule has 1 aromatic rings. The van der Waals surface area contributed by atoms with Crippen LogP contribution in [0.3, 0.4) is 0 Å². The molecule has 0 bridgehead atoms. The van der Waals surface area contributed by atoms with Crippen molar-refractivity contribution in [2.24, 2.45) is 0 Å². The largest absolute Gasteiger partial charge is 0.480 e. The number of aliphatic carboxylic acids is 1. The van der Waals surface area contributed by atoms with Gasteiger partial charge in [0, 0.05) is 10.7 Å². The fraction of sp³-hybridized carbons (Fsp3) is 0.333. The van der Waals surface area contributed by atoms with Gasteiger partial charge >= 0.3 is 5.97 Å². The average molecular weight is 271 g/mol. The quantitative estimate of drug-likeness (QED) is 0.761. The van der Waals surface area contributed by atoms with Gasteiger partial charge in [0.15, 0.2) is 0 Å². The second kappa shape index (κ2) is 5.84. The Hall–Kier alpha value is -1.59.